The Labute approximate surface area is 172 Å². The quantitative estimate of drug-likeness (QED) is 0.702. The van der Waals surface area contributed by atoms with Gasteiger partial charge in [-0.15, -0.1) is 0 Å². The van der Waals surface area contributed by atoms with Gasteiger partial charge in [0.1, 0.15) is 5.82 Å². The summed E-state index contributed by atoms with van der Waals surface area (Å²) in [7, 11) is 0. The third-order valence-electron chi connectivity index (χ3n) is 5.87. The van der Waals surface area contributed by atoms with Gasteiger partial charge in [-0.1, -0.05) is 38.2 Å². The third kappa shape index (κ3) is 6.84. The van der Waals surface area contributed by atoms with Crippen molar-refractivity contribution in [3.8, 4) is 0 Å². The molecule has 3 amide bonds. The summed E-state index contributed by atoms with van der Waals surface area (Å²) in [5.74, 6) is 0.0430. The molecular formula is C22H32N4O3. The lowest BCUT2D eigenvalue weighted by molar-refractivity contribution is -0.139. The summed E-state index contributed by atoms with van der Waals surface area (Å²) in [4.78, 5) is 43.3. The molecule has 0 bridgehead atoms. The maximum Gasteiger partial charge on any atom is 0.239 e. The molecule has 2 N–H and O–H groups in total. The molecule has 1 aromatic rings. The zero-order valence-corrected chi connectivity index (χ0v) is 17.1. The maximum atomic E-state index is 12.9. The summed E-state index contributed by atoms with van der Waals surface area (Å²) in [5, 5.41) is 5.81. The van der Waals surface area contributed by atoms with E-state index in [-0.39, 0.29) is 49.2 Å². The summed E-state index contributed by atoms with van der Waals surface area (Å²) >= 11 is 0. The molecule has 7 heteroatoms. The molecule has 158 valence electrons. The van der Waals surface area contributed by atoms with Gasteiger partial charge in [-0.05, 0) is 37.8 Å². The van der Waals surface area contributed by atoms with Crippen LogP contribution in [0.25, 0.3) is 0 Å². The first-order valence-electron chi connectivity index (χ1n) is 10.9. The van der Waals surface area contributed by atoms with Gasteiger partial charge in [0.2, 0.25) is 17.7 Å². The minimum Gasteiger partial charge on any atom is -0.352 e. The summed E-state index contributed by atoms with van der Waals surface area (Å²) in [6.07, 6.45) is 11.4. The predicted molar refractivity (Wildman–Crippen MR) is 111 cm³/mol. The Hall–Kier alpha value is -2.44. The highest BCUT2D eigenvalue weighted by molar-refractivity contribution is 5.93. The number of hydrogen-bond acceptors (Lipinski definition) is 4. The van der Waals surface area contributed by atoms with Crippen molar-refractivity contribution in [3.63, 3.8) is 0 Å². The molecule has 2 aliphatic carbocycles. The summed E-state index contributed by atoms with van der Waals surface area (Å²) in [6.45, 7) is 0.0991. The van der Waals surface area contributed by atoms with Crippen LogP contribution in [0.1, 0.15) is 70.6 Å². The smallest absolute Gasteiger partial charge is 0.239 e. The number of amides is 3. The van der Waals surface area contributed by atoms with E-state index in [1.54, 1.807) is 29.3 Å². The molecule has 29 heavy (non-hydrogen) atoms. The van der Waals surface area contributed by atoms with Crippen LogP contribution in [0.15, 0.2) is 24.4 Å². The van der Waals surface area contributed by atoms with Gasteiger partial charge in [0.15, 0.2) is 0 Å². The van der Waals surface area contributed by atoms with Crippen molar-refractivity contribution in [2.75, 3.05) is 11.9 Å². The van der Waals surface area contributed by atoms with Crippen LogP contribution in [0, 0.1) is 0 Å². The van der Waals surface area contributed by atoms with Gasteiger partial charge in [0.25, 0.3) is 0 Å². The van der Waals surface area contributed by atoms with Crippen LogP contribution in [0.2, 0.25) is 0 Å². The fourth-order valence-corrected chi connectivity index (χ4v) is 4.32. The van der Waals surface area contributed by atoms with Gasteiger partial charge < -0.3 is 15.5 Å². The number of hydrogen-bond donors (Lipinski definition) is 2. The van der Waals surface area contributed by atoms with E-state index in [0.29, 0.717) is 5.82 Å². The highest BCUT2D eigenvalue weighted by Gasteiger charge is 2.29. The topological polar surface area (TPSA) is 91.4 Å². The largest absolute Gasteiger partial charge is 0.352 e. The normalized spacial score (nSPS) is 17.7. The van der Waals surface area contributed by atoms with Crippen molar-refractivity contribution in [1.82, 2.24) is 15.2 Å². The number of carbonyl (C=O) groups excluding carboxylic acids is 3. The molecule has 0 aromatic carbocycles. The van der Waals surface area contributed by atoms with Crippen molar-refractivity contribution in [2.24, 2.45) is 0 Å². The summed E-state index contributed by atoms with van der Waals surface area (Å²) in [5.41, 5.74) is 0. The first-order chi connectivity index (χ1) is 14.1. The van der Waals surface area contributed by atoms with E-state index >= 15 is 0 Å². The molecule has 0 radical (unpaired) electrons. The zero-order chi connectivity index (χ0) is 20.5. The summed E-state index contributed by atoms with van der Waals surface area (Å²) in [6, 6.07) is 5.62. The predicted octanol–water partition coefficient (Wildman–Crippen LogP) is 3.02. The van der Waals surface area contributed by atoms with Crippen molar-refractivity contribution in [1.29, 1.82) is 0 Å². The number of carbonyl (C=O) groups is 3. The Morgan fingerprint density at radius 2 is 1.66 bits per heavy atom. The van der Waals surface area contributed by atoms with Crippen molar-refractivity contribution >= 4 is 23.5 Å². The average Bonchev–Trinajstić information content (AvgIpc) is 3.26. The van der Waals surface area contributed by atoms with Gasteiger partial charge in [-0.3, -0.25) is 14.4 Å². The Kier molecular flexibility index (Phi) is 8.02. The average molecular weight is 401 g/mol. The lowest BCUT2D eigenvalue weighted by Gasteiger charge is -2.30. The Morgan fingerprint density at radius 3 is 2.34 bits per heavy atom. The van der Waals surface area contributed by atoms with E-state index in [4.69, 9.17) is 0 Å². The highest BCUT2D eigenvalue weighted by atomic mass is 16.2. The molecular weight excluding hydrogens is 368 g/mol. The van der Waals surface area contributed by atoms with Crippen molar-refractivity contribution in [2.45, 2.75) is 82.7 Å². The fraction of sp³-hybridized carbons (Fsp3) is 0.636. The molecule has 1 aromatic heterocycles. The van der Waals surface area contributed by atoms with E-state index in [1.165, 1.54) is 6.42 Å². The lowest BCUT2D eigenvalue weighted by Crippen LogP contribution is -2.48. The maximum absolute atomic E-state index is 12.9. The zero-order valence-electron chi connectivity index (χ0n) is 17.1. The molecule has 1 heterocycles. The second-order valence-electron chi connectivity index (χ2n) is 8.13. The van der Waals surface area contributed by atoms with Crippen LogP contribution in [0.3, 0.4) is 0 Å². The molecule has 3 rings (SSSR count). The molecule has 0 atom stereocenters. The molecule has 2 fully saturated rings. The van der Waals surface area contributed by atoms with Gasteiger partial charge in [0.05, 0.1) is 6.54 Å². The van der Waals surface area contributed by atoms with E-state index < -0.39 is 0 Å². The second-order valence-corrected chi connectivity index (χ2v) is 8.13. The van der Waals surface area contributed by atoms with E-state index in [0.717, 1.165) is 51.4 Å². The van der Waals surface area contributed by atoms with Crippen LogP contribution in [0.4, 0.5) is 5.82 Å². The van der Waals surface area contributed by atoms with Gasteiger partial charge in [-0.2, -0.15) is 0 Å². The molecule has 0 saturated heterocycles. The minimum atomic E-state index is -0.241. The number of anilines is 1. The van der Waals surface area contributed by atoms with E-state index in [1.807, 2.05) is 0 Å². The van der Waals surface area contributed by atoms with Crippen LogP contribution in [0.5, 0.6) is 0 Å². The number of aromatic nitrogens is 1. The first kappa shape index (κ1) is 21.3. The molecule has 0 spiro atoms. The monoisotopic (exact) mass is 400 g/mol. The molecule has 0 aliphatic heterocycles. The van der Waals surface area contributed by atoms with Crippen LogP contribution < -0.4 is 10.6 Å². The standard InChI is InChI=1S/C22H32N4O3/c27-20(25-19-12-6-7-15-23-19)13-14-22(29)26(18-10-4-5-11-18)16-21(28)24-17-8-2-1-3-9-17/h6-7,12,15,17-18H,1-5,8-11,13-14,16H2,(H,24,28)(H,23,25,27). The third-order valence-corrected chi connectivity index (χ3v) is 5.87. The van der Waals surface area contributed by atoms with E-state index in [2.05, 4.69) is 15.6 Å². The van der Waals surface area contributed by atoms with Gasteiger partial charge in [-0.25, -0.2) is 4.98 Å². The van der Waals surface area contributed by atoms with Crippen molar-refractivity contribution < 1.29 is 14.4 Å². The molecule has 2 saturated carbocycles. The van der Waals surface area contributed by atoms with Crippen LogP contribution >= 0.6 is 0 Å². The molecule has 0 unspecified atom stereocenters. The Morgan fingerprint density at radius 1 is 0.931 bits per heavy atom. The molecule has 2 aliphatic rings. The summed E-state index contributed by atoms with van der Waals surface area (Å²) < 4.78 is 0. The SMILES string of the molecule is O=C(CCC(=O)N(CC(=O)NC1CCCCC1)C1CCCC1)Nc1ccccn1. The number of nitrogens with one attached hydrogen (secondary N) is 2. The van der Waals surface area contributed by atoms with Crippen LogP contribution in [-0.4, -0.2) is 46.2 Å². The molecule has 7 nitrogen and oxygen atoms in total. The van der Waals surface area contributed by atoms with Crippen LogP contribution in [-0.2, 0) is 14.4 Å². The first-order valence-corrected chi connectivity index (χ1v) is 10.9. The Balaban J connectivity index is 1.50. The van der Waals surface area contributed by atoms with Crippen molar-refractivity contribution in [3.05, 3.63) is 24.4 Å². The highest BCUT2D eigenvalue weighted by Crippen LogP contribution is 2.24. The number of nitrogens with zero attached hydrogens (tertiary/aromatic N) is 2. The van der Waals surface area contributed by atoms with Gasteiger partial charge in [0, 0.05) is 31.1 Å². The minimum absolute atomic E-state index is 0.0740. The fourth-order valence-electron chi connectivity index (χ4n) is 4.32. The number of pyridine rings is 1. The van der Waals surface area contributed by atoms with E-state index in [9.17, 15) is 14.4 Å². The number of rotatable bonds is 8. The Bertz CT molecular complexity index is 683. The lowest BCUT2D eigenvalue weighted by atomic mass is 9.95. The second kappa shape index (κ2) is 10.9. The van der Waals surface area contributed by atoms with Gasteiger partial charge >= 0.3 is 0 Å².